The molecular weight excluding hydrogens is 356 g/mol. The number of hydrogen-bond donors (Lipinski definition) is 0. The van der Waals surface area contributed by atoms with Crippen LogP contribution in [0.2, 0.25) is 0 Å². The Labute approximate surface area is 163 Å². The zero-order valence-corrected chi connectivity index (χ0v) is 16.3. The number of amides is 1. The molecular formula is C20H22N6O2. The highest BCUT2D eigenvalue weighted by molar-refractivity contribution is 6.05. The van der Waals surface area contributed by atoms with Crippen LogP contribution in [0, 0.1) is 6.92 Å². The minimum absolute atomic E-state index is 0.112. The highest BCUT2D eigenvalue weighted by Crippen LogP contribution is 2.36. The van der Waals surface area contributed by atoms with Crippen LogP contribution in [0.3, 0.4) is 0 Å². The number of rotatable bonds is 3. The fourth-order valence-corrected chi connectivity index (χ4v) is 3.14. The van der Waals surface area contributed by atoms with Gasteiger partial charge in [-0.1, -0.05) is 26.0 Å². The molecule has 3 aromatic rings. The highest BCUT2D eigenvalue weighted by atomic mass is 16.5. The van der Waals surface area contributed by atoms with Crippen molar-refractivity contribution in [3.63, 3.8) is 0 Å². The third-order valence-electron chi connectivity index (χ3n) is 4.58. The predicted molar refractivity (Wildman–Crippen MR) is 104 cm³/mol. The van der Waals surface area contributed by atoms with E-state index in [0.29, 0.717) is 12.4 Å². The van der Waals surface area contributed by atoms with Crippen molar-refractivity contribution >= 4 is 11.6 Å². The van der Waals surface area contributed by atoms with Gasteiger partial charge in [-0.2, -0.15) is 0 Å². The van der Waals surface area contributed by atoms with Crippen molar-refractivity contribution in [1.82, 2.24) is 24.7 Å². The van der Waals surface area contributed by atoms with Crippen LogP contribution in [0.1, 0.15) is 48.7 Å². The van der Waals surface area contributed by atoms with Crippen molar-refractivity contribution in [2.75, 3.05) is 11.4 Å². The Morgan fingerprint density at radius 2 is 2.07 bits per heavy atom. The molecule has 1 amide bonds. The Kier molecular flexibility index (Phi) is 4.54. The van der Waals surface area contributed by atoms with Gasteiger partial charge in [0.15, 0.2) is 11.6 Å². The van der Waals surface area contributed by atoms with E-state index in [2.05, 4.69) is 20.1 Å². The molecule has 0 radical (unpaired) electrons. The van der Waals surface area contributed by atoms with Crippen molar-refractivity contribution in [3.05, 3.63) is 54.0 Å². The molecule has 144 valence electrons. The van der Waals surface area contributed by atoms with E-state index in [1.54, 1.807) is 28.2 Å². The van der Waals surface area contributed by atoms with Crippen molar-refractivity contribution in [1.29, 1.82) is 0 Å². The summed E-state index contributed by atoms with van der Waals surface area (Å²) in [5.41, 5.74) is 1.72. The van der Waals surface area contributed by atoms with Gasteiger partial charge in [0.2, 0.25) is 5.82 Å². The first kappa shape index (κ1) is 18.1. The third-order valence-corrected chi connectivity index (χ3v) is 4.58. The van der Waals surface area contributed by atoms with Crippen LogP contribution in [0.15, 0.2) is 36.8 Å². The smallest absolute Gasteiger partial charge is 0.296 e. The largest absolute Gasteiger partial charge is 0.486 e. The van der Waals surface area contributed by atoms with Crippen LogP contribution in [-0.4, -0.2) is 43.3 Å². The van der Waals surface area contributed by atoms with Crippen molar-refractivity contribution in [2.24, 2.45) is 0 Å². The molecule has 8 heteroatoms. The predicted octanol–water partition coefficient (Wildman–Crippen LogP) is 2.92. The van der Waals surface area contributed by atoms with E-state index in [-0.39, 0.29) is 23.8 Å². The van der Waals surface area contributed by atoms with Gasteiger partial charge in [0.05, 0.1) is 12.2 Å². The maximum atomic E-state index is 13.2. The monoisotopic (exact) mass is 378 g/mol. The molecule has 0 fully saturated rings. The van der Waals surface area contributed by atoms with Crippen LogP contribution in [0.25, 0.3) is 5.82 Å². The molecule has 1 aliphatic rings. The Hall–Kier alpha value is -3.29. The molecule has 0 aliphatic carbocycles. The zero-order valence-electron chi connectivity index (χ0n) is 16.3. The van der Waals surface area contributed by atoms with Gasteiger partial charge in [0.25, 0.3) is 5.91 Å². The number of hydrogen-bond acceptors (Lipinski definition) is 6. The SMILES string of the molecule is Cc1cccc2c1O[C@@H](C)CN2C(=O)c1nccc(-n2cnc(C(C)C)n2)n1. The molecule has 0 saturated carbocycles. The van der Waals surface area contributed by atoms with Crippen LogP contribution in [0.5, 0.6) is 5.75 Å². The summed E-state index contributed by atoms with van der Waals surface area (Å²) in [5, 5.41) is 4.42. The number of carbonyl (C=O) groups is 1. The summed E-state index contributed by atoms with van der Waals surface area (Å²) in [6.07, 6.45) is 3.04. The van der Waals surface area contributed by atoms with E-state index in [0.717, 1.165) is 22.8 Å². The molecule has 8 nitrogen and oxygen atoms in total. The Morgan fingerprint density at radius 3 is 2.82 bits per heavy atom. The average molecular weight is 378 g/mol. The van der Waals surface area contributed by atoms with Crippen LogP contribution < -0.4 is 9.64 Å². The molecule has 0 unspecified atom stereocenters. The molecule has 0 spiro atoms. The Morgan fingerprint density at radius 1 is 1.25 bits per heavy atom. The molecule has 0 N–H and O–H groups in total. The summed E-state index contributed by atoms with van der Waals surface area (Å²) < 4.78 is 7.50. The van der Waals surface area contributed by atoms with Crippen molar-refractivity contribution in [2.45, 2.75) is 39.7 Å². The van der Waals surface area contributed by atoms with E-state index < -0.39 is 0 Å². The minimum atomic E-state index is -0.270. The summed E-state index contributed by atoms with van der Waals surface area (Å²) in [4.78, 5) is 27.8. The van der Waals surface area contributed by atoms with Gasteiger partial charge in [-0.15, -0.1) is 5.10 Å². The van der Waals surface area contributed by atoms with Gasteiger partial charge in [0.1, 0.15) is 18.2 Å². The quantitative estimate of drug-likeness (QED) is 0.697. The van der Waals surface area contributed by atoms with Crippen LogP contribution in [-0.2, 0) is 0 Å². The lowest BCUT2D eigenvalue weighted by atomic mass is 10.1. The Balaban J connectivity index is 1.69. The molecule has 3 heterocycles. The molecule has 1 aromatic carbocycles. The fraction of sp³-hybridized carbons (Fsp3) is 0.350. The molecule has 1 aliphatic heterocycles. The summed E-state index contributed by atoms with van der Waals surface area (Å²) in [6.45, 7) is 8.38. The maximum Gasteiger partial charge on any atom is 0.296 e. The molecule has 1 atom stereocenters. The number of ether oxygens (including phenoxy) is 1. The summed E-state index contributed by atoms with van der Waals surface area (Å²) in [7, 11) is 0. The first-order chi connectivity index (χ1) is 13.4. The third kappa shape index (κ3) is 3.21. The van der Waals surface area contributed by atoms with Gasteiger partial charge < -0.3 is 4.74 Å². The highest BCUT2D eigenvalue weighted by Gasteiger charge is 2.30. The summed E-state index contributed by atoms with van der Waals surface area (Å²) in [5.74, 6) is 2.00. The first-order valence-electron chi connectivity index (χ1n) is 9.27. The lowest BCUT2D eigenvalue weighted by Gasteiger charge is -2.33. The van der Waals surface area contributed by atoms with Crippen LogP contribution >= 0.6 is 0 Å². The molecule has 28 heavy (non-hydrogen) atoms. The number of carbonyl (C=O) groups excluding carboxylic acids is 1. The topological polar surface area (TPSA) is 86.0 Å². The lowest BCUT2D eigenvalue weighted by molar-refractivity contribution is 0.0950. The Bertz CT molecular complexity index is 1030. The zero-order chi connectivity index (χ0) is 19.8. The normalized spacial score (nSPS) is 16.0. The van der Waals surface area contributed by atoms with E-state index in [9.17, 15) is 4.79 Å². The summed E-state index contributed by atoms with van der Waals surface area (Å²) in [6, 6.07) is 7.46. The standard InChI is InChI=1S/C20H22N6O2/c1-12(2)18-22-11-26(24-18)16-8-9-21-19(23-16)20(27)25-10-14(4)28-17-13(3)6-5-7-15(17)25/h5-9,11-12,14H,10H2,1-4H3/t14-/m0/s1. The molecule has 4 rings (SSSR count). The lowest BCUT2D eigenvalue weighted by Crippen LogP contribution is -2.43. The number of aryl methyl sites for hydroxylation is 1. The number of nitrogens with zero attached hydrogens (tertiary/aromatic N) is 6. The number of anilines is 1. The van der Waals surface area contributed by atoms with E-state index >= 15 is 0 Å². The maximum absolute atomic E-state index is 13.2. The van der Waals surface area contributed by atoms with Crippen LogP contribution in [0.4, 0.5) is 5.69 Å². The van der Waals surface area contributed by atoms with E-state index in [4.69, 9.17) is 4.74 Å². The number of benzene rings is 1. The second-order valence-electron chi connectivity index (χ2n) is 7.21. The first-order valence-corrected chi connectivity index (χ1v) is 9.27. The minimum Gasteiger partial charge on any atom is -0.486 e. The van der Waals surface area contributed by atoms with Gasteiger partial charge in [0, 0.05) is 18.2 Å². The summed E-state index contributed by atoms with van der Waals surface area (Å²) >= 11 is 0. The second kappa shape index (κ2) is 7.03. The second-order valence-corrected chi connectivity index (χ2v) is 7.21. The molecule has 0 saturated heterocycles. The van der Waals surface area contributed by atoms with Crippen molar-refractivity contribution in [3.8, 4) is 11.6 Å². The fourth-order valence-electron chi connectivity index (χ4n) is 3.14. The number of aromatic nitrogens is 5. The van der Waals surface area contributed by atoms with E-state index in [1.165, 1.54) is 0 Å². The number of fused-ring (bicyclic) bond motifs is 1. The van der Waals surface area contributed by atoms with Gasteiger partial charge in [-0.25, -0.2) is 19.6 Å². The van der Waals surface area contributed by atoms with Gasteiger partial charge >= 0.3 is 0 Å². The van der Waals surface area contributed by atoms with Crippen molar-refractivity contribution < 1.29 is 9.53 Å². The van der Waals surface area contributed by atoms with Gasteiger partial charge in [-0.3, -0.25) is 9.69 Å². The number of para-hydroxylation sites is 1. The van der Waals surface area contributed by atoms with Gasteiger partial charge in [-0.05, 0) is 25.5 Å². The molecule has 2 aromatic heterocycles. The average Bonchev–Trinajstić information content (AvgIpc) is 3.18. The molecule has 0 bridgehead atoms. The van der Waals surface area contributed by atoms with E-state index in [1.807, 2.05) is 45.9 Å².